The molecule has 180 valence electrons. The summed E-state index contributed by atoms with van der Waals surface area (Å²) in [5.74, 6) is -5.57. The summed E-state index contributed by atoms with van der Waals surface area (Å²) in [4.78, 5) is 72.8. The second-order valence-electron chi connectivity index (χ2n) is 7.59. The van der Waals surface area contributed by atoms with Crippen LogP contribution in [0.2, 0.25) is 0 Å². The van der Waals surface area contributed by atoms with Gasteiger partial charge in [-0.15, -0.1) is 0 Å². The number of aliphatic hydroxyl groups excluding tert-OH is 1. The van der Waals surface area contributed by atoms with E-state index in [1.807, 2.05) is 0 Å². The number of likely N-dealkylation sites (tertiary alicyclic amines) is 1. The van der Waals surface area contributed by atoms with Gasteiger partial charge in [0.2, 0.25) is 29.5 Å². The van der Waals surface area contributed by atoms with Gasteiger partial charge in [0.15, 0.2) is 0 Å². The fraction of sp³-hybridized carbons (Fsp3) is 0.667. The van der Waals surface area contributed by atoms with Crippen LogP contribution in [0.4, 0.5) is 0 Å². The van der Waals surface area contributed by atoms with Gasteiger partial charge in [-0.2, -0.15) is 0 Å². The van der Waals surface area contributed by atoms with E-state index in [1.165, 1.54) is 6.92 Å². The van der Waals surface area contributed by atoms with Crippen molar-refractivity contribution in [3.63, 3.8) is 0 Å². The van der Waals surface area contributed by atoms with Crippen molar-refractivity contribution in [2.24, 2.45) is 17.2 Å². The number of rotatable bonds is 12. The van der Waals surface area contributed by atoms with E-state index in [2.05, 4.69) is 10.6 Å². The molecule has 5 unspecified atom stereocenters. The number of nitrogens with two attached hydrogens (primary N) is 3. The molecular weight excluding hydrogens is 428 g/mol. The van der Waals surface area contributed by atoms with E-state index in [0.717, 1.165) is 4.90 Å². The Balaban J connectivity index is 3.04. The van der Waals surface area contributed by atoms with Gasteiger partial charge in [0, 0.05) is 13.0 Å². The highest BCUT2D eigenvalue weighted by atomic mass is 16.4. The Hall–Kier alpha value is -3.26. The van der Waals surface area contributed by atoms with Crippen LogP contribution >= 0.6 is 0 Å². The van der Waals surface area contributed by atoms with Crippen molar-refractivity contribution in [3.8, 4) is 0 Å². The van der Waals surface area contributed by atoms with Crippen molar-refractivity contribution in [1.82, 2.24) is 15.5 Å². The van der Waals surface area contributed by atoms with E-state index in [1.54, 1.807) is 0 Å². The standard InChI is InChI=1S/C18H30N6O8/c1-8(25)14(21)16(29)22-9(4-5-12(19)26)15(28)23-10(7-13(20)27)17(30)24-6-2-3-11(24)18(31)32/h8-11,14,25H,2-7,21H2,1H3,(H2,19,26)(H2,20,27)(H,22,29)(H,23,28)(H,31,32). The molecule has 0 aromatic carbocycles. The molecular formula is C18H30N6O8. The lowest BCUT2D eigenvalue weighted by Gasteiger charge is -2.28. The van der Waals surface area contributed by atoms with Gasteiger partial charge in [-0.1, -0.05) is 0 Å². The Morgan fingerprint density at radius 1 is 1.03 bits per heavy atom. The fourth-order valence-corrected chi connectivity index (χ4v) is 3.20. The highest BCUT2D eigenvalue weighted by Crippen LogP contribution is 2.19. The smallest absolute Gasteiger partial charge is 0.326 e. The fourth-order valence-electron chi connectivity index (χ4n) is 3.20. The molecule has 0 spiro atoms. The molecule has 1 rings (SSSR count). The van der Waals surface area contributed by atoms with E-state index in [-0.39, 0.29) is 25.8 Å². The van der Waals surface area contributed by atoms with Gasteiger partial charge in [-0.05, 0) is 26.2 Å². The summed E-state index contributed by atoms with van der Waals surface area (Å²) < 4.78 is 0. The quantitative estimate of drug-likeness (QED) is 0.150. The first-order valence-electron chi connectivity index (χ1n) is 9.99. The molecule has 0 bridgehead atoms. The second kappa shape index (κ2) is 12.0. The minimum atomic E-state index is -1.49. The van der Waals surface area contributed by atoms with Gasteiger partial charge >= 0.3 is 5.97 Å². The number of hydrogen-bond acceptors (Lipinski definition) is 8. The molecule has 14 nitrogen and oxygen atoms in total. The number of nitrogens with zero attached hydrogens (tertiary/aromatic N) is 1. The molecule has 0 aromatic heterocycles. The molecule has 0 radical (unpaired) electrons. The number of carbonyl (C=O) groups excluding carboxylic acids is 5. The first-order valence-corrected chi connectivity index (χ1v) is 9.99. The van der Waals surface area contributed by atoms with Gasteiger partial charge in [-0.3, -0.25) is 24.0 Å². The summed E-state index contributed by atoms with van der Waals surface area (Å²) in [5, 5.41) is 23.3. The van der Waals surface area contributed by atoms with Crippen molar-refractivity contribution < 1.29 is 39.0 Å². The normalized spacial score (nSPS) is 19.3. The van der Waals surface area contributed by atoms with Gasteiger partial charge in [0.1, 0.15) is 24.2 Å². The summed E-state index contributed by atoms with van der Waals surface area (Å²) in [5.41, 5.74) is 15.8. The second-order valence-corrected chi connectivity index (χ2v) is 7.59. The van der Waals surface area contributed by atoms with Crippen LogP contribution in [0.1, 0.15) is 39.0 Å². The topological polar surface area (TPSA) is 248 Å². The number of aliphatic carboxylic acids is 1. The molecule has 10 N–H and O–H groups in total. The summed E-state index contributed by atoms with van der Waals surface area (Å²) in [6.07, 6.45) is -1.76. The van der Waals surface area contributed by atoms with Crippen LogP contribution in [0, 0.1) is 0 Å². The molecule has 0 aliphatic carbocycles. The largest absolute Gasteiger partial charge is 0.480 e. The molecule has 0 aromatic rings. The maximum Gasteiger partial charge on any atom is 0.326 e. The SMILES string of the molecule is CC(O)C(N)C(=O)NC(CCC(N)=O)C(=O)NC(CC(N)=O)C(=O)N1CCCC1C(=O)O. The minimum Gasteiger partial charge on any atom is -0.480 e. The number of nitrogens with one attached hydrogen (secondary N) is 2. The van der Waals surface area contributed by atoms with Crippen LogP contribution in [-0.2, 0) is 28.8 Å². The Morgan fingerprint density at radius 2 is 1.62 bits per heavy atom. The maximum atomic E-state index is 12.9. The lowest BCUT2D eigenvalue weighted by Crippen LogP contribution is -2.58. The van der Waals surface area contributed by atoms with Gasteiger partial charge < -0.3 is 42.9 Å². The van der Waals surface area contributed by atoms with Gasteiger partial charge in [-0.25, -0.2) is 4.79 Å². The van der Waals surface area contributed by atoms with Gasteiger partial charge in [0.05, 0.1) is 12.5 Å². The molecule has 0 saturated carbocycles. The molecule has 1 heterocycles. The molecule has 5 amide bonds. The zero-order chi connectivity index (χ0) is 24.6. The van der Waals surface area contributed by atoms with Crippen molar-refractivity contribution in [3.05, 3.63) is 0 Å². The molecule has 14 heteroatoms. The van der Waals surface area contributed by atoms with Crippen LogP contribution in [-0.4, -0.2) is 87.4 Å². The van der Waals surface area contributed by atoms with E-state index in [4.69, 9.17) is 17.2 Å². The van der Waals surface area contributed by atoms with E-state index in [0.29, 0.717) is 6.42 Å². The Morgan fingerprint density at radius 3 is 2.12 bits per heavy atom. The Bertz CT molecular complexity index is 758. The number of aliphatic hydroxyl groups is 1. The van der Waals surface area contributed by atoms with Crippen molar-refractivity contribution >= 4 is 35.5 Å². The predicted octanol–water partition coefficient (Wildman–Crippen LogP) is -4.12. The molecule has 32 heavy (non-hydrogen) atoms. The number of hydrogen-bond donors (Lipinski definition) is 7. The zero-order valence-electron chi connectivity index (χ0n) is 17.7. The Kier molecular flexibility index (Phi) is 10.00. The van der Waals surface area contributed by atoms with Crippen LogP contribution in [0.25, 0.3) is 0 Å². The van der Waals surface area contributed by atoms with Crippen LogP contribution in [0.5, 0.6) is 0 Å². The molecule has 1 fully saturated rings. The Labute approximate surface area is 183 Å². The first kappa shape index (κ1) is 26.8. The summed E-state index contributed by atoms with van der Waals surface area (Å²) in [6.45, 7) is 1.38. The molecule has 1 aliphatic rings. The monoisotopic (exact) mass is 458 g/mol. The van der Waals surface area contributed by atoms with E-state index < -0.39 is 72.2 Å². The van der Waals surface area contributed by atoms with Crippen LogP contribution < -0.4 is 27.8 Å². The van der Waals surface area contributed by atoms with E-state index >= 15 is 0 Å². The summed E-state index contributed by atoms with van der Waals surface area (Å²) in [7, 11) is 0. The van der Waals surface area contributed by atoms with Crippen LogP contribution in [0.3, 0.4) is 0 Å². The number of primary amides is 2. The number of amides is 5. The predicted molar refractivity (Wildman–Crippen MR) is 108 cm³/mol. The lowest BCUT2D eigenvalue weighted by atomic mass is 10.1. The third-order valence-corrected chi connectivity index (χ3v) is 4.98. The average molecular weight is 458 g/mol. The minimum absolute atomic E-state index is 0.117. The highest BCUT2D eigenvalue weighted by molar-refractivity contribution is 5.96. The zero-order valence-corrected chi connectivity index (χ0v) is 17.7. The third kappa shape index (κ3) is 7.77. The maximum absolute atomic E-state index is 12.9. The highest BCUT2D eigenvalue weighted by Gasteiger charge is 2.39. The van der Waals surface area contributed by atoms with Crippen molar-refractivity contribution in [2.45, 2.75) is 69.3 Å². The van der Waals surface area contributed by atoms with Gasteiger partial charge in [0.25, 0.3) is 0 Å². The molecule has 1 saturated heterocycles. The first-order chi connectivity index (χ1) is 14.8. The number of carboxylic acids is 1. The third-order valence-electron chi connectivity index (χ3n) is 4.98. The van der Waals surface area contributed by atoms with Crippen LogP contribution in [0.15, 0.2) is 0 Å². The summed E-state index contributed by atoms with van der Waals surface area (Å²) >= 11 is 0. The molecule has 1 aliphatic heterocycles. The lowest BCUT2D eigenvalue weighted by molar-refractivity contribution is -0.149. The van der Waals surface area contributed by atoms with Crippen molar-refractivity contribution in [1.29, 1.82) is 0 Å². The average Bonchev–Trinajstić information content (AvgIpc) is 3.18. The van der Waals surface area contributed by atoms with Crippen molar-refractivity contribution in [2.75, 3.05) is 6.54 Å². The van der Waals surface area contributed by atoms with E-state index in [9.17, 15) is 39.0 Å². The summed E-state index contributed by atoms with van der Waals surface area (Å²) in [6, 6.07) is -5.35. The number of carbonyl (C=O) groups is 6. The number of carboxylic acid groups (broad SMARTS) is 1. The molecule has 5 atom stereocenters.